The molecule has 1 aromatic rings. The minimum atomic E-state index is 0.109. The third-order valence-corrected chi connectivity index (χ3v) is 3.25. The second-order valence-electron chi connectivity index (χ2n) is 5.74. The van der Waals surface area contributed by atoms with E-state index in [1.165, 1.54) is 12.8 Å². The molecule has 0 unspecified atom stereocenters. The number of nitrogens with zero attached hydrogens (tertiary/aromatic N) is 3. The van der Waals surface area contributed by atoms with E-state index in [0.29, 0.717) is 18.9 Å². The number of hydrogen-bond acceptors (Lipinski definition) is 3. The summed E-state index contributed by atoms with van der Waals surface area (Å²) in [5.74, 6) is 0.767. The minimum absolute atomic E-state index is 0.109. The summed E-state index contributed by atoms with van der Waals surface area (Å²) in [4.78, 5) is 11.6. The summed E-state index contributed by atoms with van der Waals surface area (Å²) in [6, 6.07) is 0. The maximum absolute atomic E-state index is 11.6. The van der Waals surface area contributed by atoms with Crippen molar-refractivity contribution in [1.82, 2.24) is 20.3 Å². The summed E-state index contributed by atoms with van der Waals surface area (Å²) < 4.78 is 1.85. The summed E-state index contributed by atoms with van der Waals surface area (Å²) in [6.45, 7) is 7.92. The molecule has 0 spiro atoms. The molecule has 0 aliphatic rings. The van der Waals surface area contributed by atoms with Crippen LogP contribution in [0.15, 0.2) is 6.20 Å². The number of aromatic nitrogens is 3. The number of hydrogen-bond donors (Lipinski definition) is 1. The van der Waals surface area contributed by atoms with Crippen molar-refractivity contribution in [3.05, 3.63) is 11.9 Å². The molecule has 0 fully saturated rings. The SMILES string of the molecule is CCCCCCC(=O)NCc1cn(CCC(C)C)nn1. The summed E-state index contributed by atoms with van der Waals surface area (Å²) in [5, 5.41) is 11.0. The number of nitrogens with one attached hydrogen (secondary N) is 1. The molecule has 0 aliphatic carbocycles. The predicted molar refractivity (Wildman–Crippen MR) is 80.1 cm³/mol. The van der Waals surface area contributed by atoms with Crippen molar-refractivity contribution in [3.63, 3.8) is 0 Å². The van der Waals surface area contributed by atoms with Gasteiger partial charge in [0.25, 0.3) is 0 Å². The Hall–Kier alpha value is -1.39. The van der Waals surface area contributed by atoms with Crippen LogP contribution in [-0.4, -0.2) is 20.9 Å². The number of carbonyl (C=O) groups is 1. The van der Waals surface area contributed by atoms with Crippen LogP contribution in [-0.2, 0) is 17.9 Å². The van der Waals surface area contributed by atoms with Gasteiger partial charge in [-0.1, -0.05) is 45.2 Å². The predicted octanol–water partition coefficient (Wildman–Crippen LogP) is 2.91. The first-order chi connectivity index (χ1) is 9.61. The van der Waals surface area contributed by atoms with Crippen LogP contribution in [0.2, 0.25) is 0 Å². The van der Waals surface area contributed by atoms with Gasteiger partial charge in [-0.05, 0) is 18.8 Å². The molecule has 0 saturated heterocycles. The van der Waals surface area contributed by atoms with Gasteiger partial charge in [-0.3, -0.25) is 9.48 Å². The van der Waals surface area contributed by atoms with Crippen molar-refractivity contribution in [1.29, 1.82) is 0 Å². The van der Waals surface area contributed by atoms with Gasteiger partial charge in [0.1, 0.15) is 5.69 Å². The van der Waals surface area contributed by atoms with Gasteiger partial charge in [-0.15, -0.1) is 5.10 Å². The van der Waals surface area contributed by atoms with E-state index in [1.54, 1.807) is 0 Å². The fourth-order valence-electron chi connectivity index (χ4n) is 1.91. The topological polar surface area (TPSA) is 59.8 Å². The first kappa shape index (κ1) is 16.7. The lowest BCUT2D eigenvalue weighted by Crippen LogP contribution is -2.22. The van der Waals surface area contributed by atoms with E-state index in [9.17, 15) is 4.79 Å². The third kappa shape index (κ3) is 7.26. The van der Waals surface area contributed by atoms with Gasteiger partial charge in [0.05, 0.1) is 12.7 Å². The molecule has 0 saturated carbocycles. The molecule has 1 heterocycles. The molecule has 0 aliphatic heterocycles. The fourth-order valence-corrected chi connectivity index (χ4v) is 1.91. The van der Waals surface area contributed by atoms with Crippen molar-refractivity contribution >= 4 is 5.91 Å². The molecular weight excluding hydrogens is 252 g/mol. The van der Waals surface area contributed by atoms with Gasteiger partial charge < -0.3 is 5.32 Å². The second kappa shape index (κ2) is 9.50. The van der Waals surface area contributed by atoms with Crippen molar-refractivity contribution < 1.29 is 4.79 Å². The molecule has 5 heteroatoms. The van der Waals surface area contributed by atoms with Crippen molar-refractivity contribution in [2.75, 3.05) is 0 Å². The second-order valence-corrected chi connectivity index (χ2v) is 5.74. The molecular formula is C15H28N4O. The zero-order chi connectivity index (χ0) is 14.8. The highest BCUT2D eigenvalue weighted by Crippen LogP contribution is 2.04. The largest absolute Gasteiger partial charge is 0.350 e. The van der Waals surface area contributed by atoms with Gasteiger partial charge in [-0.25, -0.2) is 0 Å². The Morgan fingerprint density at radius 2 is 2.15 bits per heavy atom. The van der Waals surface area contributed by atoms with Crippen LogP contribution < -0.4 is 5.32 Å². The Morgan fingerprint density at radius 1 is 1.35 bits per heavy atom. The maximum Gasteiger partial charge on any atom is 0.220 e. The number of unbranched alkanes of at least 4 members (excludes halogenated alkanes) is 3. The molecule has 0 radical (unpaired) electrons. The van der Waals surface area contributed by atoms with E-state index < -0.39 is 0 Å². The molecule has 1 amide bonds. The Morgan fingerprint density at radius 3 is 2.85 bits per heavy atom. The molecule has 1 aromatic heterocycles. The molecule has 0 aromatic carbocycles. The molecule has 1 N–H and O–H groups in total. The standard InChI is InChI=1S/C15H28N4O/c1-4-5-6-7-8-15(20)16-11-14-12-19(18-17-14)10-9-13(2)3/h12-13H,4-11H2,1-3H3,(H,16,20). The highest BCUT2D eigenvalue weighted by molar-refractivity contribution is 5.75. The zero-order valence-electron chi connectivity index (χ0n) is 13.1. The fraction of sp³-hybridized carbons (Fsp3) is 0.800. The summed E-state index contributed by atoms with van der Waals surface area (Å²) in [5.41, 5.74) is 0.829. The maximum atomic E-state index is 11.6. The number of aryl methyl sites for hydroxylation is 1. The van der Waals surface area contributed by atoms with Crippen LogP contribution in [0, 0.1) is 5.92 Å². The van der Waals surface area contributed by atoms with Crippen LogP contribution >= 0.6 is 0 Å². The smallest absolute Gasteiger partial charge is 0.220 e. The molecule has 0 bridgehead atoms. The lowest BCUT2D eigenvalue weighted by atomic mass is 10.1. The van der Waals surface area contributed by atoms with E-state index in [0.717, 1.165) is 31.5 Å². The summed E-state index contributed by atoms with van der Waals surface area (Å²) in [6.07, 6.45) is 8.13. The minimum Gasteiger partial charge on any atom is -0.350 e. The van der Waals surface area contributed by atoms with Gasteiger partial charge in [0.15, 0.2) is 0 Å². The summed E-state index contributed by atoms with van der Waals surface area (Å²) in [7, 11) is 0. The van der Waals surface area contributed by atoms with Gasteiger partial charge >= 0.3 is 0 Å². The van der Waals surface area contributed by atoms with Crippen molar-refractivity contribution in [2.24, 2.45) is 5.92 Å². The molecule has 114 valence electrons. The van der Waals surface area contributed by atoms with E-state index >= 15 is 0 Å². The molecule has 0 atom stereocenters. The van der Waals surface area contributed by atoms with Gasteiger partial charge in [0.2, 0.25) is 5.91 Å². The average Bonchev–Trinajstić information content (AvgIpc) is 2.87. The van der Waals surface area contributed by atoms with Gasteiger partial charge in [0, 0.05) is 13.0 Å². The summed E-state index contributed by atoms with van der Waals surface area (Å²) >= 11 is 0. The highest BCUT2D eigenvalue weighted by atomic mass is 16.1. The monoisotopic (exact) mass is 280 g/mol. The van der Waals surface area contributed by atoms with Crippen LogP contribution in [0.5, 0.6) is 0 Å². The van der Waals surface area contributed by atoms with E-state index in [2.05, 4.69) is 36.4 Å². The van der Waals surface area contributed by atoms with Crippen molar-refractivity contribution in [2.45, 2.75) is 72.4 Å². The highest BCUT2D eigenvalue weighted by Gasteiger charge is 2.05. The quantitative estimate of drug-likeness (QED) is 0.670. The number of rotatable bonds is 10. The number of amides is 1. The zero-order valence-corrected chi connectivity index (χ0v) is 13.1. The molecule has 20 heavy (non-hydrogen) atoms. The third-order valence-electron chi connectivity index (χ3n) is 3.25. The Balaban J connectivity index is 2.19. The average molecular weight is 280 g/mol. The van der Waals surface area contributed by atoms with Crippen LogP contribution in [0.25, 0.3) is 0 Å². The van der Waals surface area contributed by atoms with E-state index in [-0.39, 0.29) is 5.91 Å². The molecule has 5 nitrogen and oxygen atoms in total. The Bertz CT molecular complexity index is 387. The van der Waals surface area contributed by atoms with Crippen LogP contribution in [0.1, 0.15) is 65.0 Å². The molecule has 1 rings (SSSR count). The van der Waals surface area contributed by atoms with Crippen molar-refractivity contribution in [3.8, 4) is 0 Å². The van der Waals surface area contributed by atoms with Crippen LogP contribution in [0.4, 0.5) is 0 Å². The first-order valence-corrected chi connectivity index (χ1v) is 7.77. The Labute approximate surface area is 122 Å². The number of carbonyl (C=O) groups excluding carboxylic acids is 1. The first-order valence-electron chi connectivity index (χ1n) is 7.77. The van der Waals surface area contributed by atoms with Gasteiger partial charge in [-0.2, -0.15) is 0 Å². The normalized spacial score (nSPS) is 11.0. The van der Waals surface area contributed by atoms with E-state index in [4.69, 9.17) is 0 Å². The lowest BCUT2D eigenvalue weighted by molar-refractivity contribution is -0.121. The van der Waals surface area contributed by atoms with E-state index in [1.807, 2.05) is 10.9 Å². The van der Waals surface area contributed by atoms with Crippen LogP contribution in [0.3, 0.4) is 0 Å². The Kier molecular flexibility index (Phi) is 7.92. The lowest BCUT2D eigenvalue weighted by Gasteiger charge is -2.03.